The summed E-state index contributed by atoms with van der Waals surface area (Å²) in [6.45, 7) is 2.54. The molecule has 3 N–H and O–H groups in total. The number of likely N-dealkylation sites (tertiary alicyclic amines) is 1. The van der Waals surface area contributed by atoms with Gasteiger partial charge in [0.25, 0.3) is 0 Å². The summed E-state index contributed by atoms with van der Waals surface area (Å²) in [5.74, 6) is 0.0860. The number of nitrogens with zero attached hydrogens (tertiary/aromatic N) is 2. The second-order valence-corrected chi connectivity index (χ2v) is 7.34. The fourth-order valence-corrected chi connectivity index (χ4v) is 3.73. The van der Waals surface area contributed by atoms with E-state index in [9.17, 15) is 8.42 Å². The molecule has 1 aliphatic rings. The lowest BCUT2D eigenvalue weighted by molar-refractivity contribution is 0.241. The molecule has 1 aromatic rings. The lowest BCUT2D eigenvalue weighted by atomic mass is 10.1. The topological polar surface area (TPSA) is 96.0 Å². The fourth-order valence-electron chi connectivity index (χ4n) is 2.44. The standard InChI is InChI=1S/C14H21N3O3S/c15-14(16-18)12-4-6-13(7-5-12)21(19,20)11-10-17-8-2-1-3-9-17/h4-7,18H,1-3,8-11H2,(H2,15,16). The van der Waals surface area contributed by atoms with Gasteiger partial charge < -0.3 is 15.8 Å². The molecule has 1 heterocycles. The van der Waals surface area contributed by atoms with Crippen molar-refractivity contribution in [3.63, 3.8) is 0 Å². The van der Waals surface area contributed by atoms with Crippen LogP contribution < -0.4 is 5.73 Å². The van der Waals surface area contributed by atoms with Crippen LogP contribution in [0, 0.1) is 0 Å². The molecule has 0 atom stereocenters. The molecule has 0 amide bonds. The predicted molar refractivity (Wildman–Crippen MR) is 81.3 cm³/mol. The second kappa shape index (κ2) is 6.91. The SMILES string of the molecule is N/C(=N/O)c1ccc(S(=O)(=O)CCN2CCCCC2)cc1. The van der Waals surface area contributed by atoms with E-state index in [0.29, 0.717) is 12.1 Å². The van der Waals surface area contributed by atoms with Gasteiger partial charge in [-0.1, -0.05) is 11.6 Å². The maximum atomic E-state index is 12.3. The van der Waals surface area contributed by atoms with Crippen LogP contribution in [0.15, 0.2) is 34.3 Å². The number of rotatable bonds is 5. The van der Waals surface area contributed by atoms with Gasteiger partial charge in [0.15, 0.2) is 15.7 Å². The molecule has 1 aliphatic heterocycles. The molecule has 116 valence electrons. The summed E-state index contributed by atoms with van der Waals surface area (Å²) in [5, 5.41) is 11.5. The number of amidine groups is 1. The summed E-state index contributed by atoms with van der Waals surface area (Å²) in [5.41, 5.74) is 5.95. The van der Waals surface area contributed by atoms with Gasteiger partial charge in [-0.05, 0) is 50.2 Å². The molecule has 1 fully saturated rings. The van der Waals surface area contributed by atoms with Crippen LogP contribution in [0.2, 0.25) is 0 Å². The monoisotopic (exact) mass is 311 g/mol. The Kier molecular flexibility index (Phi) is 5.19. The van der Waals surface area contributed by atoms with Crippen LogP contribution in [0.1, 0.15) is 24.8 Å². The average Bonchev–Trinajstić information content (AvgIpc) is 2.53. The van der Waals surface area contributed by atoms with Crippen LogP contribution in [0.3, 0.4) is 0 Å². The Morgan fingerprint density at radius 2 is 1.81 bits per heavy atom. The molecule has 0 unspecified atom stereocenters. The normalized spacial score (nSPS) is 17.8. The van der Waals surface area contributed by atoms with Crippen LogP contribution in [0.4, 0.5) is 0 Å². The van der Waals surface area contributed by atoms with Crippen molar-refractivity contribution >= 4 is 15.7 Å². The quantitative estimate of drug-likeness (QED) is 0.366. The molecule has 0 aliphatic carbocycles. The van der Waals surface area contributed by atoms with E-state index in [2.05, 4.69) is 10.1 Å². The number of nitrogens with two attached hydrogens (primary N) is 1. The Hall–Kier alpha value is -1.60. The average molecular weight is 311 g/mol. The Balaban J connectivity index is 2.01. The molecule has 7 heteroatoms. The maximum absolute atomic E-state index is 12.3. The van der Waals surface area contributed by atoms with E-state index in [1.54, 1.807) is 12.1 Å². The van der Waals surface area contributed by atoms with E-state index < -0.39 is 9.84 Å². The zero-order chi connectivity index (χ0) is 15.3. The number of hydrogen-bond acceptors (Lipinski definition) is 5. The molecule has 21 heavy (non-hydrogen) atoms. The van der Waals surface area contributed by atoms with Crippen molar-refractivity contribution in [1.82, 2.24) is 4.90 Å². The minimum Gasteiger partial charge on any atom is -0.409 e. The molecular formula is C14H21N3O3S. The first-order valence-corrected chi connectivity index (χ1v) is 8.71. The van der Waals surface area contributed by atoms with E-state index in [4.69, 9.17) is 10.9 Å². The third-order valence-electron chi connectivity index (χ3n) is 3.74. The summed E-state index contributed by atoms with van der Waals surface area (Å²) in [6.07, 6.45) is 3.53. The third kappa shape index (κ3) is 4.18. The summed E-state index contributed by atoms with van der Waals surface area (Å²) >= 11 is 0. The van der Waals surface area contributed by atoms with E-state index in [1.165, 1.54) is 18.6 Å². The zero-order valence-electron chi connectivity index (χ0n) is 11.9. The van der Waals surface area contributed by atoms with Crippen LogP contribution >= 0.6 is 0 Å². The van der Waals surface area contributed by atoms with Crippen molar-refractivity contribution in [2.45, 2.75) is 24.2 Å². The first-order chi connectivity index (χ1) is 10.0. The van der Waals surface area contributed by atoms with Gasteiger partial charge in [0, 0.05) is 12.1 Å². The van der Waals surface area contributed by atoms with Gasteiger partial charge in [-0.3, -0.25) is 0 Å². The Bertz CT molecular complexity index is 590. The lowest BCUT2D eigenvalue weighted by Crippen LogP contribution is -2.33. The Labute approximate surface area is 125 Å². The van der Waals surface area contributed by atoms with Crippen LogP contribution in [-0.4, -0.2) is 49.7 Å². The first-order valence-electron chi connectivity index (χ1n) is 7.06. The highest BCUT2D eigenvalue weighted by Crippen LogP contribution is 2.14. The highest BCUT2D eigenvalue weighted by molar-refractivity contribution is 7.91. The summed E-state index contributed by atoms with van der Waals surface area (Å²) in [7, 11) is -3.29. The zero-order valence-corrected chi connectivity index (χ0v) is 12.7. The Morgan fingerprint density at radius 3 is 2.38 bits per heavy atom. The third-order valence-corrected chi connectivity index (χ3v) is 5.45. The number of hydrogen-bond donors (Lipinski definition) is 2. The van der Waals surface area contributed by atoms with E-state index in [0.717, 1.165) is 25.9 Å². The summed E-state index contributed by atoms with van der Waals surface area (Å²) in [6, 6.07) is 6.09. The molecule has 0 bridgehead atoms. The van der Waals surface area contributed by atoms with Gasteiger partial charge in [-0.25, -0.2) is 8.42 Å². The smallest absolute Gasteiger partial charge is 0.179 e. The molecule has 0 saturated carbocycles. The molecule has 1 saturated heterocycles. The molecule has 2 rings (SSSR count). The Morgan fingerprint density at radius 1 is 1.19 bits per heavy atom. The van der Waals surface area contributed by atoms with Crippen molar-refractivity contribution in [3.05, 3.63) is 29.8 Å². The van der Waals surface area contributed by atoms with Crippen molar-refractivity contribution in [2.24, 2.45) is 10.9 Å². The summed E-state index contributed by atoms with van der Waals surface area (Å²) in [4.78, 5) is 2.47. The van der Waals surface area contributed by atoms with E-state index in [1.807, 2.05) is 0 Å². The van der Waals surface area contributed by atoms with Crippen LogP contribution in [0.25, 0.3) is 0 Å². The lowest BCUT2D eigenvalue weighted by Gasteiger charge is -2.26. The number of sulfone groups is 1. The van der Waals surface area contributed by atoms with Crippen molar-refractivity contribution in [1.29, 1.82) is 0 Å². The van der Waals surface area contributed by atoms with Gasteiger partial charge in [0.2, 0.25) is 0 Å². The predicted octanol–water partition coefficient (Wildman–Crippen LogP) is 1.04. The number of benzene rings is 1. The fraction of sp³-hybridized carbons (Fsp3) is 0.500. The van der Waals surface area contributed by atoms with Crippen LogP contribution in [-0.2, 0) is 9.84 Å². The van der Waals surface area contributed by atoms with Gasteiger partial charge in [-0.15, -0.1) is 0 Å². The van der Waals surface area contributed by atoms with Gasteiger partial charge in [-0.2, -0.15) is 0 Å². The number of oxime groups is 1. The molecule has 6 nitrogen and oxygen atoms in total. The van der Waals surface area contributed by atoms with Crippen molar-refractivity contribution in [3.8, 4) is 0 Å². The molecule has 0 radical (unpaired) electrons. The van der Waals surface area contributed by atoms with Crippen molar-refractivity contribution in [2.75, 3.05) is 25.4 Å². The number of piperidine rings is 1. The summed E-state index contributed by atoms with van der Waals surface area (Å²) < 4.78 is 24.6. The second-order valence-electron chi connectivity index (χ2n) is 5.23. The first kappa shape index (κ1) is 15.8. The maximum Gasteiger partial charge on any atom is 0.179 e. The molecule has 0 spiro atoms. The molecular weight excluding hydrogens is 290 g/mol. The largest absolute Gasteiger partial charge is 0.409 e. The van der Waals surface area contributed by atoms with Gasteiger partial charge in [0.1, 0.15) is 0 Å². The van der Waals surface area contributed by atoms with E-state index in [-0.39, 0.29) is 16.5 Å². The van der Waals surface area contributed by atoms with E-state index >= 15 is 0 Å². The van der Waals surface area contributed by atoms with Gasteiger partial charge in [0.05, 0.1) is 10.6 Å². The molecule has 0 aromatic heterocycles. The highest BCUT2D eigenvalue weighted by Gasteiger charge is 2.18. The minimum atomic E-state index is -3.29. The van der Waals surface area contributed by atoms with Crippen molar-refractivity contribution < 1.29 is 13.6 Å². The molecule has 1 aromatic carbocycles. The highest BCUT2D eigenvalue weighted by atomic mass is 32.2. The minimum absolute atomic E-state index is 0.0349. The van der Waals surface area contributed by atoms with Crippen LogP contribution in [0.5, 0.6) is 0 Å². The van der Waals surface area contributed by atoms with Gasteiger partial charge >= 0.3 is 0 Å².